The van der Waals surface area contributed by atoms with Crippen LogP contribution in [-0.2, 0) is 4.74 Å². The lowest BCUT2D eigenvalue weighted by atomic mass is 9.90. The first-order valence-corrected chi connectivity index (χ1v) is 5.61. The van der Waals surface area contributed by atoms with Crippen molar-refractivity contribution in [2.45, 2.75) is 38.9 Å². The molecule has 0 aliphatic carbocycles. The number of nitrogens with zero attached hydrogens (tertiary/aromatic N) is 2. The molecule has 4 nitrogen and oxygen atoms in total. The van der Waals surface area contributed by atoms with E-state index in [0.29, 0.717) is 23.9 Å². The van der Waals surface area contributed by atoms with E-state index in [9.17, 15) is 0 Å². The zero-order valence-corrected chi connectivity index (χ0v) is 9.41. The number of hydrogen-bond acceptors (Lipinski definition) is 5. The molecule has 4 atom stereocenters. The number of ether oxygens (including phenoxy) is 1. The van der Waals surface area contributed by atoms with Crippen LogP contribution in [0.25, 0.3) is 0 Å². The Morgan fingerprint density at radius 3 is 2.43 bits per heavy atom. The molecule has 2 rings (SSSR count). The number of nitrogens with two attached hydrogens (primary N) is 1. The van der Waals surface area contributed by atoms with Gasteiger partial charge in [-0.1, -0.05) is 6.92 Å². The van der Waals surface area contributed by atoms with E-state index in [1.165, 1.54) is 11.5 Å². The Balaban J connectivity index is 2.25. The van der Waals surface area contributed by atoms with Gasteiger partial charge in [-0.25, -0.2) is 4.98 Å². The van der Waals surface area contributed by atoms with Crippen LogP contribution in [0.2, 0.25) is 0 Å². The van der Waals surface area contributed by atoms with Gasteiger partial charge in [0.25, 0.3) is 0 Å². The third-order valence-corrected chi connectivity index (χ3v) is 3.81. The molecular formula is C9H15N3OS. The fraction of sp³-hybridized carbons (Fsp3) is 0.778. The summed E-state index contributed by atoms with van der Waals surface area (Å²) < 4.78 is 9.76. The Hall–Kier alpha value is -0.680. The van der Waals surface area contributed by atoms with E-state index in [1.54, 1.807) is 0 Å². The van der Waals surface area contributed by atoms with Gasteiger partial charge < -0.3 is 10.5 Å². The minimum absolute atomic E-state index is 0.215. The van der Waals surface area contributed by atoms with Crippen molar-refractivity contribution in [3.63, 3.8) is 0 Å². The molecule has 78 valence electrons. The molecule has 1 aromatic rings. The van der Waals surface area contributed by atoms with E-state index in [0.717, 1.165) is 5.01 Å². The lowest BCUT2D eigenvalue weighted by molar-refractivity contribution is 0.0557. The third-order valence-electron chi connectivity index (χ3n) is 2.98. The maximum Gasteiger partial charge on any atom is 0.232 e. The summed E-state index contributed by atoms with van der Waals surface area (Å²) >= 11 is 1.39. The third kappa shape index (κ3) is 1.50. The molecule has 2 heterocycles. The molecule has 0 aromatic carbocycles. The maximum absolute atomic E-state index is 5.75. The average Bonchev–Trinajstić information content (AvgIpc) is 2.60. The van der Waals surface area contributed by atoms with E-state index in [1.807, 2.05) is 0 Å². The zero-order chi connectivity index (χ0) is 10.3. The van der Waals surface area contributed by atoms with Gasteiger partial charge in [0, 0.05) is 5.92 Å². The largest absolute Gasteiger partial charge is 0.375 e. The van der Waals surface area contributed by atoms with Crippen molar-refractivity contribution in [1.82, 2.24) is 9.36 Å². The van der Waals surface area contributed by atoms with Gasteiger partial charge in [-0.3, -0.25) is 0 Å². The Labute approximate surface area is 87.7 Å². The quantitative estimate of drug-likeness (QED) is 0.770. The van der Waals surface area contributed by atoms with Gasteiger partial charge in [-0.15, -0.1) is 0 Å². The Morgan fingerprint density at radius 2 is 2.00 bits per heavy atom. The van der Waals surface area contributed by atoms with Gasteiger partial charge in [0.15, 0.2) is 0 Å². The number of anilines is 1. The lowest BCUT2D eigenvalue weighted by Crippen LogP contribution is -2.14. The van der Waals surface area contributed by atoms with Crippen LogP contribution in [0.1, 0.15) is 31.7 Å². The van der Waals surface area contributed by atoms with Crippen LogP contribution in [0, 0.1) is 5.92 Å². The molecule has 0 bridgehead atoms. The summed E-state index contributed by atoms with van der Waals surface area (Å²) in [6.45, 7) is 6.38. The van der Waals surface area contributed by atoms with Crippen molar-refractivity contribution < 1.29 is 4.74 Å². The van der Waals surface area contributed by atoms with Gasteiger partial charge in [0.05, 0.1) is 12.2 Å². The molecule has 1 aromatic heterocycles. The molecule has 4 unspecified atom stereocenters. The highest BCUT2D eigenvalue weighted by molar-refractivity contribution is 7.05. The van der Waals surface area contributed by atoms with Crippen molar-refractivity contribution >= 4 is 17.5 Å². The van der Waals surface area contributed by atoms with Crippen LogP contribution in [0.3, 0.4) is 0 Å². The van der Waals surface area contributed by atoms with Crippen LogP contribution >= 0.6 is 11.5 Å². The summed E-state index contributed by atoms with van der Waals surface area (Å²) in [5.41, 5.74) is 5.52. The van der Waals surface area contributed by atoms with Gasteiger partial charge >= 0.3 is 0 Å². The van der Waals surface area contributed by atoms with Crippen molar-refractivity contribution in [3.8, 4) is 0 Å². The maximum atomic E-state index is 5.75. The normalized spacial score (nSPS) is 37.6. The first-order chi connectivity index (χ1) is 6.59. The minimum Gasteiger partial charge on any atom is -0.375 e. The van der Waals surface area contributed by atoms with Crippen molar-refractivity contribution in [2.75, 3.05) is 5.73 Å². The Morgan fingerprint density at radius 1 is 1.29 bits per heavy atom. The van der Waals surface area contributed by atoms with Gasteiger partial charge in [0.2, 0.25) is 5.95 Å². The first-order valence-electron chi connectivity index (χ1n) is 4.84. The fourth-order valence-corrected chi connectivity index (χ4v) is 2.97. The van der Waals surface area contributed by atoms with Gasteiger partial charge in [-0.05, 0) is 31.3 Å². The number of rotatable bonds is 1. The van der Waals surface area contributed by atoms with E-state index < -0.39 is 0 Å². The molecule has 1 aliphatic rings. The van der Waals surface area contributed by atoms with Gasteiger partial charge in [-0.2, -0.15) is 4.37 Å². The highest BCUT2D eigenvalue weighted by Crippen LogP contribution is 2.40. The molecule has 0 spiro atoms. The van der Waals surface area contributed by atoms with Crippen molar-refractivity contribution in [3.05, 3.63) is 5.01 Å². The van der Waals surface area contributed by atoms with Crippen molar-refractivity contribution in [2.24, 2.45) is 5.92 Å². The average molecular weight is 213 g/mol. The molecule has 1 fully saturated rings. The number of aromatic nitrogens is 2. The van der Waals surface area contributed by atoms with E-state index >= 15 is 0 Å². The Bertz CT molecular complexity index is 328. The second-order valence-corrected chi connectivity index (χ2v) is 4.71. The second-order valence-electron chi connectivity index (χ2n) is 3.92. The Kier molecular flexibility index (Phi) is 2.45. The highest BCUT2D eigenvalue weighted by Gasteiger charge is 2.39. The molecule has 14 heavy (non-hydrogen) atoms. The summed E-state index contributed by atoms with van der Waals surface area (Å²) in [5, 5.41) is 1.01. The molecule has 1 saturated heterocycles. The zero-order valence-electron chi connectivity index (χ0n) is 8.60. The summed E-state index contributed by atoms with van der Waals surface area (Å²) in [6, 6.07) is 0. The predicted octanol–water partition coefficient (Wildman–Crippen LogP) is 1.65. The van der Waals surface area contributed by atoms with E-state index in [4.69, 9.17) is 10.5 Å². The van der Waals surface area contributed by atoms with Crippen LogP contribution < -0.4 is 5.73 Å². The number of nitrogen functional groups attached to an aromatic ring is 1. The highest BCUT2D eigenvalue weighted by atomic mass is 32.1. The molecule has 0 amide bonds. The van der Waals surface area contributed by atoms with E-state index in [2.05, 4.69) is 30.1 Å². The SMILES string of the molecule is CC1OC(C)C(c2nc(N)ns2)C1C. The lowest BCUT2D eigenvalue weighted by Gasteiger charge is -2.14. The summed E-state index contributed by atoms with van der Waals surface area (Å²) in [7, 11) is 0. The topological polar surface area (TPSA) is 61.0 Å². The standard InChI is InChI=1S/C9H15N3OS/c1-4-5(2)13-6(3)7(4)8-11-9(10)12-14-8/h4-7H,1-3H3,(H2,10,12). The van der Waals surface area contributed by atoms with E-state index in [-0.39, 0.29) is 6.10 Å². The summed E-state index contributed by atoms with van der Waals surface area (Å²) in [6.07, 6.45) is 0.507. The fourth-order valence-electron chi connectivity index (χ4n) is 2.07. The molecule has 1 aliphatic heterocycles. The van der Waals surface area contributed by atoms with Crippen LogP contribution in [0.4, 0.5) is 5.95 Å². The predicted molar refractivity (Wildman–Crippen MR) is 56.2 cm³/mol. The minimum atomic E-state index is 0.215. The molecule has 0 saturated carbocycles. The molecule has 5 heteroatoms. The van der Waals surface area contributed by atoms with Crippen LogP contribution in [0.5, 0.6) is 0 Å². The monoisotopic (exact) mass is 213 g/mol. The smallest absolute Gasteiger partial charge is 0.232 e. The molecule has 0 radical (unpaired) electrons. The van der Waals surface area contributed by atoms with Crippen LogP contribution in [0.15, 0.2) is 0 Å². The first kappa shape index (κ1) is 9.86. The van der Waals surface area contributed by atoms with Gasteiger partial charge in [0.1, 0.15) is 5.01 Å². The summed E-state index contributed by atoms with van der Waals surface area (Å²) in [5.74, 6) is 1.21. The van der Waals surface area contributed by atoms with Crippen molar-refractivity contribution in [1.29, 1.82) is 0 Å². The molecule has 2 N–H and O–H groups in total. The second kappa shape index (κ2) is 3.47. The number of hydrogen-bond donors (Lipinski definition) is 1. The van der Waals surface area contributed by atoms with Crippen LogP contribution in [-0.4, -0.2) is 21.6 Å². The summed E-state index contributed by atoms with van der Waals surface area (Å²) in [4.78, 5) is 4.23. The molecular weight excluding hydrogens is 198 g/mol.